The van der Waals surface area contributed by atoms with Crippen LogP contribution in [0, 0.1) is 17.1 Å². The zero-order valence-corrected chi connectivity index (χ0v) is 11.6. The lowest BCUT2D eigenvalue weighted by molar-refractivity contribution is 0.178. The van der Waals surface area contributed by atoms with Gasteiger partial charge in [-0.25, -0.2) is 4.39 Å². The molecule has 96 valence electrons. The number of halogens is 2. The third-order valence-electron chi connectivity index (χ3n) is 2.83. The van der Waals surface area contributed by atoms with E-state index < -0.39 is 6.10 Å². The van der Waals surface area contributed by atoms with E-state index in [0.29, 0.717) is 22.0 Å². The van der Waals surface area contributed by atoms with E-state index in [-0.39, 0.29) is 5.82 Å². The molecule has 2 aromatic rings. The van der Waals surface area contributed by atoms with E-state index in [9.17, 15) is 9.50 Å². The molecular weight excluding hydrogens is 309 g/mol. The molecular formula is C15H11BrFNO. The summed E-state index contributed by atoms with van der Waals surface area (Å²) in [6.07, 6.45) is -0.370. The van der Waals surface area contributed by atoms with Crippen molar-refractivity contribution in [2.24, 2.45) is 0 Å². The molecule has 0 aromatic heterocycles. The maximum absolute atomic E-state index is 13.0. The first-order valence-corrected chi connectivity index (χ1v) is 6.51. The molecule has 1 N–H and O–H groups in total. The fraction of sp³-hybridized carbons (Fsp3) is 0.133. The highest BCUT2D eigenvalue weighted by Gasteiger charge is 2.11. The molecule has 0 aliphatic carbocycles. The number of hydrogen-bond acceptors (Lipinski definition) is 2. The second kappa shape index (κ2) is 5.96. The van der Waals surface area contributed by atoms with Crippen LogP contribution in [0.2, 0.25) is 0 Å². The monoisotopic (exact) mass is 319 g/mol. The average Bonchev–Trinajstić information content (AvgIpc) is 2.42. The van der Waals surface area contributed by atoms with Crippen LogP contribution in [-0.4, -0.2) is 5.11 Å². The Hall–Kier alpha value is -1.70. The molecule has 0 amide bonds. The SMILES string of the molecule is N#Cc1cccc(C(O)Cc2ccc(F)cc2Br)c1. The number of rotatable bonds is 3. The Morgan fingerprint density at radius 1 is 1.26 bits per heavy atom. The minimum atomic E-state index is -0.727. The molecule has 1 unspecified atom stereocenters. The van der Waals surface area contributed by atoms with E-state index in [1.165, 1.54) is 12.1 Å². The van der Waals surface area contributed by atoms with Crippen molar-refractivity contribution in [3.63, 3.8) is 0 Å². The summed E-state index contributed by atoms with van der Waals surface area (Å²) in [5.41, 5.74) is 2.00. The van der Waals surface area contributed by atoms with E-state index in [2.05, 4.69) is 15.9 Å². The minimum Gasteiger partial charge on any atom is -0.388 e. The zero-order chi connectivity index (χ0) is 13.8. The highest BCUT2D eigenvalue weighted by atomic mass is 79.9. The predicted molar refractivity (Wildman–Crippen MR) is 73.9 cm³/mol. The summed E-state index contributed by atoms with van der Waals surface area (Å²) in [6, 6.07) is 13.2. The van der Waals surface area contributed by atoms with Crippen molar-refractivity contribution in [3.05, 3.63) is 69.4 Å². The molecule has 0 heterocycles. The smallest absolute Gasteiger partial charge is 0.124 e. The number of benzene rings is 2. The van der Waals surface area contributed by atoms with Crippen LogP contribution in [0.4, 0.5) is 4.39 Å². The van der Waals surface area contributed by atoms with Crippen molar-refractivity contribution >= 4 is 15.9 Å². The van der Waals surface area contributed by atoms with Crippen LogP contribution in [0.25, 0.3) is 0 Å². The van der Waals surface area contributed by atoms with Gasteiger partial charge >= 0.3 is 0 Å². The van der Waals surface area contributed by atoms with Crippen molar-refractivity contribution in [1.29, 1.82) is 5.26 Å². The fourth-order valence-corrected chi connectivity index (χ4v) is 2.34. The zero-order valence-electron chi connectivity index (χ0n) is 9.98. The second-order valence-electron chi connectivity index (χ2n) is 4.19. The van der Waals surface area contributed by atoms with Gasteiger partial charge in [0, 0.05) is 10.9 Å². The summed E-state index contributed by atoms with van der Waals surface area (Å²) in [4.78, 5) is 0. The Morgan fingerprint density at radius 2 is 2.05 bits per heavy atom. The van der Waals surface area contributed by atoms with Crippen LogP contribution < -0.4 is 0 Å². The lowest BCUT2D eigenvalue weighted by Crippen LogP contribution is -2.03. The van der Waals surface area contributed by atoms with Crippen molar-refractivity contribution < 1.29 is 9.50 Å². The van der Waals surface area contributed by atoms with E-state index in [1.54, 1.807) is 30.3 Å². The van der Waals surface area contributed by atoms with Gasteiger partial charge in [-0.05, 0) is 35.4 Å². The summed E-state index contributed by atoms with van der Waals surface area (Å²) in [7, 11) is 0. The van der Waals surface area contributed by atoms with Crippen molar-refractivity contribution in [2.75, 3.05) is 0 Å². The number of nitriles is 1. The molecule has 0 bridgehead atoms. The van der Waals surface area contributed by atoms with Gasteiger partial charge in [0.25, 0.3) is 0 Å². The number of hydrogen-bond donors (Lipinski definition) is 1. The summed E-state index contributed by atoms with van der Waals surface area (Å²) in [5, 5.41) is 19.0. The molecule has 0 fully saturated rings. The quantitative estimate of drug-likeness (QED) is 0.936. The lowest BCUT2D eigenvalue weighted by Gasteiger charge is -2.12. The van der Waals surface area contributed by atoms with Crippen LogP contribution in [0.1, 0.15) is 22.8 Å². The number of nitrogens with zero attached hydrogens (tertiary/aromatic N) is 1. The van der Waals surface area contributed by atoms with Gasteiger partial charge < -0.3 is 5.11 Å². The molecule has 2 nitrogen and oxygen atoms in total. The highest BCUT2D eigenvalue weighted by Crippen LogP contribution is 2.25. The van der Waals surface area contributed by atoms with Gasteiger partial charge in [-0.3, -0.25) is 0 Å². The first kappa shape index (κ1) is 13.7. The minimum absolute atomic E-state index is 0.323. The van der Waals surface area contributed by atoms with Crippen LogP contribution in [0.3, 0.4) is 0 Å². The Morgan fingerprint density at radius 3 is 2.74 bits per heavy atom. The largest absolute Gasteiger partial charge is 0.388 e. The standard InChI is InChI=1S/C15H11BrFNO/c16-14-8-13(17)5-4-11(14)7-15(19)12-3-1-2-10(6-12)9-18/h1-6,8,15,19H,7H2. The fourth-order valence-electron chi connectivity index (χ4n) is 1.83. The molecule has 0 saturated carbocycles. The summed E-state index contributed by atoms with van der Waals surface area (Å²) < 4.78 is 13.6. The second-order valence-corrected chi connectivity index (χ2v) is 5.05. The summed E-state index contributed by atoms with van der Waals surface area (Å²) in [5.74, 6) is -0.323. The van der Waals surface area contributed by atoms with Crippen LogP contribution in [0.5, 0.6) is 0 Å². The molecule has 0 saturated heterocycles. The van der Waals surface area contributed by atoms with Gasteiger partial charge in [-0.15, -0.1) is 0 Å². The maximum atomic E-state index is 13.0. The third-order valence-corrected chi connectivity index (χ3v) is 3.57. The van der Waals surface area contributed by atoms with Gasteiger partial charge in [0.05, 0.1) is 17.7 Å². The van der Waals surface area contributed by atoms with Crippen LogP contribution in [0.15, 0.2) is 46.9 Å². The van der Waals surface area contributed by atoms with Crippen molar-refractivity contribution in [3.8, 4) is 6.07 Å². The highest BCUT2D eigenvalue weighted by molar-refractivity contribution is 9.10. The normalized spacial score (nSPS) is 11.9. The van der Waals surface area contributed by atoms with E-state index in [0.717, 1.165) is 5.56 Å². The topological polar surface area (TPSA) is 44.0 Å². The molecule has 2 rings (SSSR count). The molecule has 0 spiro atoms. The maximum Gasteiger partial charge on any atom is 0.124 e. The van der Waals surface area contributed by atoms with E-state index >= 15 is 0 Å². The Labute approximate surface area is 119 Å². The van der Waals surface area contributed by atoms with Crippen LogP contribution >= 0.6 is 15.9 Å². The molecule has 0 aliphatic heterocycles. The Kier molecular flexibility index (Phi) is 4.31. The number of aliphatic hydroxyl groups excluding tert-OH is 1. The van der Waals surface area contributed by atoms with Gasteiger partial charge in [0.1, 0.15) is 5.82 Å². The average molecular weight is 320 g/mol. The predicted octanol–water partition coefficient (Wildman–Crippen LogP) is 3.74. The third kappa shape index (κ3) is 3.40. The molecule has 0 aliphatic rings. The van der Waals surface area contributed by atoms with Gasteiger partial charge in [-0.2, -0.15) is 5.26 Å². The van der Waals surface area contributed by atoms with Crippen LogP contribution in [-0.2, 0) is 6.42 Å². The summed E-state index contributed by atoms with van der Waals surface area (Å²) >= 11 is 3.27. The molecule has 2 aromatic carbocycles. The molecule has 1 atom stereocenters. The van der Waals surface area contributed by atoms with Gasteiger partial charge in [-0.1, -0.05) is 34.1 Å². The molecule has 19 heavy (non-hydrogen) atoms. The van der Waals surface area contributed by atoms with Crippen molar-refractivity contribution in [2.45, 2.75) is 12.5 Å². The molecule has 4 heteroatoms. The van der Waals surface area contributed by atoms with Gasteiger partial charge in [0.2, 0.25) is 0 Å². The lowest BCUT2D eigenvalue weighted by atomic mass is 10.00. The summed E-state index contributed by atoms with van der Waals surface area (Å²) in [6.45, 7) is 0. The van der Waals surface area contributed by atoms with E-state index in [1.807, 2.05) is 6.07 Å². The first-order chi connectivity index (χ1) is 9.10. The Bertz CT molecular complexity index is 636. The van der Waals surface area contributed by atoms with E-state index in [4.69, 9.17) is 5.26 Å². The van der Waals surface area contributed by atoms with Crippen molar-refractivity contribution in [1.82, 2.24) is 0 Å². The van der Waals surface area contributed by atoms with Gasteiger partial charge in [0.15, 0.2) is 0 Å². The Balaban J connectivity index is 2.20. The number of aliphatic hydroxyl groups is 1. The first-order valence-electron chi connectivity index (χ1n) is 5.72. The molecule has 0 radical (unpaired) electrons.